The van der Waals surface area contributed by atoms with Gasteiger partial charge in [0.1, 0.15) is 0 Å². The van der Waals surface area contributed by atoms with Crippen molar-refractivity contribution in [3.8, 4) is 0 Å². The molecule has 5 heteroatoms. The summed E-state index contributed by atoms with van der Waals surface area (Å²) in [6, 6.07) is 13.8. The second kappa shape index (κ2) is 6.67. The molecule has 0 fully saturated rings. The molecule has 0 heterocycles. The van der Waals surface area contributed by atoms with E-state index in [1.54, 1.807) is 43.4 Å². The van der Waals surface area contributed by atoms with Crippen LogP contribution in [0.4, 0.5) is 5.69 Å². The molecule has 0 unspecified atom stereocenters. The van der Waals surface area contributed by atoms with Crippen molar-refractivity contribution in [3.05, 3.63) is 65.2 Å². The van der Waals surface area contributed by atoms with Gasteiger partial charge in [0.25, 0.3) is 11.8 Å². The van der Waals surface area contributed by atoms with Crippen LogP contribution in [0, 0.1) is 0 Å². The maximum absolute atomic E-state index is 12.1. The highest BCUT2D eigenvalue weighted by Gasteiger charge is 2.07. The van der Waals surface area contributed by atoms with E-state index in [1.807, 2.05) is 12.1 Å². The zero-order valence-electron chi connectivity index (χ0n) is 11.7. The SMILES string of the molecule is CNC(=O)c1ccc(NC(=O)c2ccc(CN)cc2)cc1. The van der Waals surface area contributed by atoms with Crippen LogP contribution in [0.2, 0.25) is 0 Å². The van der Waals surface area contributed by atoms with Gasteiger partial charge in [0.05, 0.1) is 0 Å². The Hall–Kier alpha value is -2.66. The van der Waals surface area contributed by atoms with Gasteiger partial charge in [-0.25, -0.2) is 0 Å². The molecule has 0 aromatic heterocycles. The van der Waals surface area contributed by atoms with Gasteiger partial charge in [-0.15, -0.1) is 0 Å². The number of carbonyl (C=O) groups is 2. The van der Waals surface area contributed by atoms with Crippen molar-refractivity contribution in [2.75, 3.05) is 12.4 Å². The van der Waals surface area contributed by atoms with Gasteiger partial charge in [0, 0.05) is 30.4 Å². The lowest BCUT2D eigenvalue weighted by Gasteiger charge is -2.07. The number of anilines is 1. The summed E-state index contributed by atoms with van der Waals surface area (Å²) in [6.45, 7) is 0.447. The number of amides is 2. The average Bonchev–Trinajstić information content (AvgIpc) is 2.55. The number of benzene rings is 2. The van der Waals surface area contributed by atoms with Crippen molar-refractivity contribution in [2.45, 2.75) is 6.54 Å². The van der Waals surface area contributed by atoms with E-state index in [4.69, 9.17) is 5.73 Å². The van der Waals surface area contributed by atoms with Gasteiger partial charge < -0.3 is 16.4 Å². The second-order valence-corrected chi connectivity index (χ2v) is 4.51. The maximum atomic E-state index is 12.1. The Kier molecular flexibility index (Phi) is 4.68. The van der Waals surface area contributed by atoms with Crippen LogP contribution in [0.25, 0.3) is 0 Å². The van der Waals surface area contributed by atoms with Crippen LogP contribution < -0.4 is 16.4 Å². The lowest BCUT2D eigenvalue weighted by atomic mass is 10.1. The first-order valence-corrected chi connectivity index (χ1v) is 6.56. The van der Waals surface area contributed by atoms with Crippen LogP contribution in [0.15, 0.2) is 48.5 Å². The Morgan fingerprint density at radius 3 is 1.95 bits per heavy atom. The van der Waals surface area contributed by atoms with Crippen LogP contribution in [-0.2, 0) is 6.54 Å². The minimum atomic E-state index is -0.203. The van der Waals surface area contributed by atoms with Crippen molar-refractivity contribution in [2.24, 2.45) is 5.73 Å². The molecule has 108 valence electrons. The van der Waals surface area contributed by atoms with E-state index in [-0.39, 0.29) is 11.8 Å². The van der Waals surface area contributed by atoms with E-state index in [0.717, 1.165) is 5.56 Å². The molecule has 0 radical (unpaired) electrons. The molecule has 0 saturated heterocycles. The van der Waals surface area contributed by atoms with Crippen molar-refractivity contribution in [1.29, 1.82) is 0 Å². The van der Waals surface area contributed by atoms with Crippen LogP contribution in [0.5, 0.6) is 0 Å². The topological polar surface area (TPSA) is 84.2 Å². The molecule has 21 heavy (non-hydrogen) atoms. The van der Waals surface area contributed by atoms with Crippen molar-refractivity contribution >= 4 is 17.5 Å². The first-order valence-electron chi connectivity index (χ1n) is 6.56. The fourth-order valence-corrected chi connectivity index (χ4v) is 1.84. The molecule has 2 rings (SSSR count). The summed E-state index contributed by atoms with van der Waals surface area (Å²) in [6.07, 6.45) is 0. The summed E-state index contributed by atoms with van der Waals surface area (Å²) in [5.74, 6) is -0.364. The van der Waals surface area contributed by atoms with Crippen LogP contribution >= 0.6 is 0 Å². The van der Waals surface area contributed by atoms with Crippen molar-refractivity contribution in [1.82, 2.24) is 5.32 Å². The normalized spacial score (nSPS) is 10.0. The Morgan fingerprint density at radius 1 is 0.905 bits per heavy atom. The fourth-order valence-electron chi connectivity index (χ4n) is 1.84. The van der Waals surface area contributed by atoms with Gasteiger partial charge in [-0.05, 0) is 42.0 Å². The molecule has 2 aromatic rings. The lowest BCUT2D eigenvalue weighted by molar-refractivity contribution is 0.0962. The third kappa shape index (κ3) is 3.67. The largest absolute Gasteiger partial charge is 0.355 e. The average molecular weight is 283 g/mol. The van der Waals surface area contributed by atoms with Crippen LogP contribution in [0.3, 0.4) is 0 Å². The Labute approximate surface area is 123 Å². The zero-order chi connectivity index (χ0) is 15.2. The lowest BCUT2D eigenvalue weighted by Crippen LogP contribution is -2.17. The minimum absolute atomic E-state index is 0.162. The van der Waals surface area contributed by atoms with Crippen molar-refractivity contribution in [3.63, 3.8) is 0 Å². The van der Waals surface area contributed by atoms with E-state index >= 15 is 0 Å². The third-order valence-electron chi connectivity index (χ3n) is 3.08. The number of hydrogen-bond donors (Lipinski definition) is 3. The standard InChI is InChI=1S/C16H17N3O2/c1-18-15(20)12-6-8-14(9-7-12)19-16(21)13-4-2-11(10-17)3-5-13/h2-9H,10,17H2,1H3,(H,18,20)(H,19,21). The highest BCUT2D eigenvalue weighted by molar-refractivity contribution is 6.04. The monoisotopic (exact) mass is 283 g/mol. The number of nitrogens with one attached hydrogen (secondary N) is 2. The number of nitrogens with two attached hydrogens (primary N) is 1. The highest BCUT2D eigenvalue weighted by atomic mass is 16.2. The van der Waals surface area contributed by atoms with Gasteiger partial charge in [0.2, 0.25) is 0 Å². The van der Waals surface area contributed by atoms with E-state index < -0.39 is 0 Å². The highest BCUT2D eigenvalue weighted by Crippen LogP contribution is 2.12. The first kappa shape index (κ1) is 14.7. The molecule has 5 nitrogen and oxygen atoms in total. The number of carbonyl (C=O) groups excluding carboxylic acids is 2. The summed E-state index contributed by atoms with van der Waals surface area (Å²) in [7, 11) is 1.57. The van der Waals surface area contributed by atoms with Gasteiger partial charge in [-0.2, -0.15) is 0 Å². The Bertz CT molecular complexity index is 634. The van der Waals surface area contributed by atoms with Gasteiger partial charge in [-0.3, -0.25) is 9.59 Å². The molecule has 0 aliphatic heterocycles. The quantitative estimate of drug-likeness (QED) is 0.799. The zero-order valence-corrected chi connectivity index (χ0v) is 11.7. The predicted octanol–water partition coefficient (Wildman–Crippen LogP) is 1.76. The molecular formula is C16H17N3O2. The molecule has 0 aliphatic carbocycles. The van der Waals surface area contributed by atoms with Crippen LogP contribution in [-0.4, -0.2) is 18.9 Å². The van der Waals surface area contributed by atoms with Gasteiger partial charge in [0.15, 0.2) is 0 Å². The first-order chi connectivity index (χ1) is 10.1. The minimum Gasteiger partial charge on any atom is -0.355 e. The summed E-state index contributed by atoms with van der Waals surface area (Å²) < 4.78 is 0. The smallest absolute Gasteiger partial charge is 0.255 e. The van der Waals surface area contributed by atoms with E-state index in [0.29, 0.717) is 23.4 Å². The molecule has 2 amide bonds. The number of rotatable bonds is 4. The molecular weight excluding hydrogens is 266 g/mol. The van der Waals surface area contributed by atoms with Gasteiger partial charge >= 0.3 is 0 Å². The summed E-state index contributed by atoms with van der Waals surface area (Å²) >= 11 is 0. The summed E-state index contributed by atoms with van der Waals surface area (Å²) in [4.78, 5) is 23.5. The predicted molar refractivity (Wildman–Crippen MR) is 82.1 cm³/mol. The van der Waals surface area contributed by atoms with E-state index in [9.17, 15) is 9.59 Å². The molecule has 0 spiro atoms. The second-order valence-electron chi connectivity index (χ2n) is 4.51. The summed E-state index contributed by atoms with van der Waals surface area (Å²) in [5.41, 5.74) is 8.23. The molecule has 4 N–H and O–H groups in total. The van der Waals surface area contributed by atoms with Crippen LogP contribution in [0.1, 0.15) is 26.3 Å². The van der Waals surface area contributed by atoms with Crippen molar-refractivity contribution < 1.29 is 9.59 Å². The Balaban J connectivity index is 2.06. The molecule has 0 atom stereocenters. The summed E-state index contributed by atoms with van der Waals surface area (Å²) in [5, 5.41) is 5.32. The molecule has 0 aliphatic rings. The third-order valence-corrected chi connectivity index (χ3v) is 3.08. The van der Waals surface area contributed by atoms with Gasteiger partial charge in [-0.1, -0.05) is 12.1 Å². The van der Waals surface area contributed by atoms with E-state index in [2.05, 4.69) is 10.6 Å². The maximum Gasteiger partial charge on any atom is 0.255 e. The fraction of sp³-hybridized carbons (Fsp3) is 0.125. The Morgan fingerprint density at radius 2 is 1.43 bits per heavy atom. The number of hydrogen-bond acceptors (Lipinski definition) is 3. The molecule has 2 aromatic carbocycles. The molecule has 0 bridgehead atoms. The van der Waals surface area contributed by atoms with E-state index in [1.165, 1.54) is 0 Å². The molecule has 0 saturated carbocycles.